The topological polar surface area (TPSA) is 71.8 Å². The van der Waals surface area contributed by atoms with E-state index < -0.39 is 9.84 Å². The highest BCUT2D eigenvalue weighted by molar-refractivity contribution is 7.91. The van der Waals surface area contributed by atoms with Crippen molar-refractivity contribution in [3.63, 3.8) is 0 Å². The number of hydrogen-bond donors (Lipinski definition) is 1. The van der Waals surface area contributed by atoms with Crippen LogP contribution in [-0.2, 0) is 9.84 Å². The summed E-state index contributed by atoms with van der Waals surface area (Å²) in [6, 6.07) is 2.21. The minimum Gasteiger partial charge on any atom is -0.329 e. The summed E-state index contributed by atoms with van der Waals surface area (Å²) in [5.74, 6) is 0.594. The fraction of sp³-hybridized carbons (Fsp3) is 0.500. The normalized spacial score (nSPS) is 23.8. The van der Waals surface area contributed by atoms with Gasteiger partial charge in [-0.05, 0) is 11.4 Å². The zero-order chi connectivity index (χ0) is 17.4. The molecule has 2 aromatic heterocycles. The number of nitrogens with one attached hydrogen (secondary N) is 1. The first kappa shape index (κ1) is 17.1. The number of rotatable bonds is 3. The van der Waals surface area contributed by atoms with Crippen LogP contribution in [0, 0.1) is 0 Å². The van der Waals surface area contributed by atoms with Crippen LogP contribution in [0.1, 0.15) is 16.9 Å². The van der Waals surface area contributed by atoms with E-state index in [0.717, 1.165) is 30.1 Å². The van der Waals surface area contributed by atoms with Gasteiger partial charge in [0.25, 0.3) is 5.91 Å². The minimum atomic E-state index is -2.85. The van der Waals surface area contributed by atoms with Crippen LogP contribution in [0.3, 0.4) is 0 Å². The predicted octanol–water partition coefficient (Wildman–Crippen LogP) is 0.399. The summed E-state index contributed by atoms with van der Waals surface area (Å²) in [5, 5.41) is 6.75. The third-order valence-electron chi connectivity index (χ3n) is 4.99. The highest BCUT2D eigenvalue weighted by Crippen LogP contribution is 2.26. The zero-order valence-corrected chi connectivity index (χ0v) is 16.1. The molecule has 1 atom stereocenters. The maximum Gasteiger partial charge on any atom is 0.273 e. The summed E-state index contributed by atoms with van der Waals surface area (Å²) < 4.78 is 23.3. The highest BCUT2D eigenvalue weighted by atomic mass is 32.2. The van der Waals surface area contributed by atoms with Gasteiger partial charge >= 0.3 is 0 Å². The molecule has 0 saturated carbocycles. The molecule has 0 aromatic carbocycles. The summed E-state index contributed by atoms with van der Waals surface area (Å²) in [7, 11) is -2.85. The SMILES string of the molecule is O=C(c1csc(-c2ccsc2)n1)N1CC[NH+]([C@H]2CCS(=O)(=O)C2)CC1. The zero-order valence-electron chi connectivity index (χ0n) is 13.7. The molecule has 134 valence electrons. The van der Waals surface area contributed by atoms with Crippen molar-refractivity contribution < 1.29 is 18.1 Å². The third-order valence-corrected chi connectivity index (χ3v) is 8.34. The Morgan fingerprint density at radius 2 is 2.08 bits per heavy atom. The van der Waals surface area contributed by atoms with Gasteiger partial charge in [0.05, 0.1) is 31.9 Å². The van der Waals surface area contributed by atoms with Crippen LogP contribution in [0.2, 0.25) is 0 Å². The summed E-state index contributed by atoms with van der Waals surface area (Å²) >= 11 is 3.11. The number of thiazole rings is 1. The second-order valence-corrected chi connectivity index (χ2v) is 10.5. The summed E-state index contributed by atoms with van der Waals surface area (Å²) in [4.78, 5) is 20.3. The maximum atomic E-state index is 12.7. The quantitative estimate of drug-likeness (QED) is 0.812. The van der Waals surface area contributed by atoms with Crippen molar-refractivity contribution in [2.45, 2.75) is 12.5 Å². The average Bonchev–Trinajstić information content (AvgIpc) is 3.34. The van der Waals surface area contributed by atoms with Crippen molar-refractivity contribution in [3.8, 4) is 10.6 Å². The van der Waals surface area contributed by atoms with Gasteiger partial charge in [0.2, 0.25) is 0 Å². The lowest BCUT2D eigenvalue weighted by Gasteiger charge is -2.34. The molecule has 0 unspecified atom stereocenters. The average molecular weight is 399 g/mol. The Kier molecular flexibility index (Phi) is 4.65. The molecule has 1 N–H and O–H groups in total. The van der Waals surface area contributed by atoms with Gasteiger partial charge < -0.3 is 9.80 Å². The Morgan fingerprint density at radius 3 is 2.72 bits per heavy atom. The molecular formula is C16H20N3O3S3+. The highest BCUT2D eigenvalue weighted by Gasteiger charge is 2.37. The van der Waals surface area contributed by atoms with Gasteiger partial charge in [0.1, 0.15) is 22.5 Å². The first-order valence-electron chi connectivity index (χ1n) is 8.34. The van der Waals surface area contributed by atoms with Crippen molar-refractivity contribution in [1.29, 1.82) is 0 Å². The van der Waals surface area contributed by atoms with E-state index in [9.17, 15) is 13.2 Å². The van der Waals surface area contributed by atoms with Crippen molar-refractivity contribution in [2.24, 2.45) is 0 Å². The molecule has 6 nitrogen and oxygen atoms in total. The molecule has 2 fully saturated rings. The van der Waals surface area contributed by atoms with E-state index in [1.54, 1.807) is 11.3 Å². The smallest absolute Gasteiger partial charge is 0.273 e. The molecule has 9 heteroatoms. The minimum absolute atomic E-state index is 0.0178. The van der Waals surface area contributed by atoms with Crippen LogP contribution < -0.4 is 4.90 Å². The van der Waals surface area contributed by atoms with Crippen molar-refractivity contribution in [3.05, 3.63) is 27.9 Å². The molecule has 2 aliphatic rings. The Hall–Kier alpha value is -1.29. The molecule has 2 aromatic rings. The first-order valence-corrected chi connectivity index (χ1v) is 12.0. The molecular weight excluding hydrogens is 378 g/mol. The van der Waals surface area contributed by atoms with Crippen LogP contribution >= 0.6 is 22.7 Å². The van der Waals surface area contributed by atoms with E-state index in [0.29, 0.717) is 30.3 Å². The maximum absolute atomic E-state index is 12.7. The Balaban J connectivity index is 1.37. The van der Waals surface area contributed by atoms with E-state index in [4.69, 9.17) is 0 Å². The van der Waals surface area contributed by atoms with Gasteiger partial charge in [0, 0.05) is 22.7 Å². The number of quaternary nitrogens is 1. The number of amides is 1. The van der Waals surface area contributed by atoms with E-state index in [-0.39, 0.29) is 11.9 Å². The monoisotopic (exact) mass is 398 g/mol. The van der Waals surface area contributed by atoms with E-state index >= 15 is 0 Å². The standard InChI is InChI=1S/C16H19N3O3S3/c20-16(14-10-24-15(17-14)12-1-7-23-9-12)19-5-3-18(4-6-19)13-2-8-25(21,22)11-13/h1,7,9-10,13H,2-6,8,11H2/p+1/t13-/m0/s1. The van der Waals surface area contributed by atoms with Crippen LogP contribution in [-0.4, -0.2) is 67.9 Å². The van der Waals surface area contributed by atoms with Crippen LogP contribution in [0.5, 0.6) is 0 Å². The number of hydrogen-bond acceptors (Lipinski definition) is 6. The van der Waals surface area contributed by atoms with Crippen LogP contribution in [0.25, 0.3) is 10.6 Å². The van der Waals surface area contributed by atoms with E-state index in [1.807, 2.05) is 27.1 Å². The number of aromatic nitrogens is 1. The van der Waals surface area contributed by atoms with Gasteiger partial charge in [-0.3, -0.25) is 4.79 Å². The van der Waals surface area contributed by atoms with Gasteiger partial charge in [-0.2, -0.15) is 11.3 Å². The van der Waals surface area contributed by atoms with Crippen molar-refractivity contribution in [2.75, 3.05) is 37.7 Å². The molecule has 4 heterocycles. The molecule has 1 amide bonds. The van der Waals surface area contributed by atoms with E-state index in [1.165, 1.54) is 16.2 Å². The number of carbonyl (C=O) groups excluding carboxylic acids is 1. The predicted molar refractivity (Wildman–Crippen MR) is 99.1 cm³/mol. The molecule has 2 saturated heterocycles. The summed E-state index contributed by atoms with van der Waals surface area (Å²) in [5.41, 5.74) is 1.57. The summed E-state index contributed by atoms with van der Waals surface area (Å²) in [6.45, 7) is 2.95. The Labute approximate surface area is 155 Å². The van der Waals surface area contributed by atoms with Crippen molar-refractivity contribution in [1.82, 2.24) is 9.88 Å². The Morgan fingerprint density at radius 1 is 1.28 bits per heavy atom. The lowest BCUT2D eigenvalue weighted by Crippen LogP contribution is -3.18. The largest absolute Gasteiger partial charge is 0.329 e. The number of carbonyl (C=O) groups is 1. The number of piperazine rings is 1. The molecule has 0 spiro atoms. The molecule has 2 aliphatic heterocycles. The molecule has 25 heavy (non-hydrogen) atoms. The van der Waals surface area contributed by atoms with Gasteiger partial charge in [-0.1, -0.05) is 0 Å². The Bertz CT molecular complexity index is 852. The molecule has 0 aliphatic carbocycles. The first-order chi connectivity index (χ1) is 12.0. The molecule has 4 rings (SSSR count). The van der Waals surface area contributed by atoms with Crippen molar-refractivity contribution >= 4 is 38.4 Å². The van der Waals surface area contributed by atoms with Gasteiger partial charge in [-0.15, -0.1) is 11.3 Å². The second kappa shape index (κ2) is 6.79. The number of sulfone groups is 1. The van der Waals surface area contributed by atoms with Crippen LogP contribution in [0.4, 0.5) is 0 Å². The van der Waals surface area contributed by atoms with E-state index in [2.05, 4.69) is 4.98 Å². The van der Waals surface area contributed by atoms with Gasteiger partial charge in [-0.25, -0.2) is 13.4 Å². The number of thiophene rings is 1. The fourth-order valence-electron chi connectivity index (χ4n) is 3.57. The van der Waals surface area contributed by atoms with Gasteiger partial charge in [0.15, 0.2) is 9.84 Å². The second-order valence-electron chi connectivity index (χ2n) is 6.60. The lowest BCUT2D eigenvalue weighted by atomic mass is 10.2. The van der Waals surface area contributed by atoms with Crippen LogP contribution in [0.15, 0.2) is 22.2 Å². The summed E-state index contributed by atoms with van der Waals surface area (Å²) in [6.07, 6.45) is 0.752. The number of nitrogens with zero attached hydrogens (tertiary/aromatic N) is 2. The third kappa shape index (κ3) is 3.64. The molecule has 0 bridgehead atoms. The molecule has 0 radical (unpaired) electrons. The lowest BCUT2D eigenvalue weighted by molar-refractivity contribution is -0.925. The fourth-order valence-corrected chi connectivity index (χ4v) is 6.91.